The van der Waals surface area contributed by atoms with E-state index in [-0.39, 0.29) is 24.1 Å². The molecule has 8 nitrogen and oxygen atoms in total. The van der Waals surface area contributed by atoms with Crippen LogP contribution < -0.4 is 10.9 Å². The number of nitrogens with one attached hydrogen (secondary N) is 1. The maximum Gasteiger partial charge on any atom is 0.281 e. The van der Waals surface area contributed by atoms with Crippen LogP contribution >= 0.6 is 0 Å². The first-order chi connectivity index (χ1) is 12.7. The molecule has 0 aliphatic heterocycles. The quantitative estimate of drug-likeness (QED) is 0.766. The van der Waals surface area contributed by atoms with Gasteiger partial charge < -0.3 is 5.32 Å². The number of rotatable bonds is 4. The number of amides is 1. The molecule has 2 aromatic heterocycles. The number of para-hydroxylation sites is 1. The van der Waals surface area contributed by atoms with E-state index in [1.807, 2.05) is 30.3 Å². The molecule has 8 heteroatoms. The first kappa shape index (κ1) is 16.4. The monoisotopic (exact) mass is 352 g/mol. The molecule has 1 aliphatic carbocycles. The topological polar surface area (TPSA) is 94.7 Å². The Kier molecular flexibility index (Phi) is 4.47. The van der Waals surface area contributed by atoms with Gasteiger partial charge in [-0.15, -0.1) is 5.10 Å². The first-order valence-electron chi connectivity index (χ1n) is 8.89. The molecule has 1 amide bonds. The molecular weight excluding hydrogens is 332 g/mol. The largest absolute Gasteiger partial charge is 0.352 e. The van der Waals surface area contributed by atoms with Gasteiger partial charge in [0.2, 0.25) is 5.91 Å². The summed E-state index contributed by atoms with van der Waals surface area (Å²) in [6, 6.07) is 9.61. The standard InChI is InChI=1S/C18H20N6O2/c25-16(20-13-7-3-1-4-8-13)12-23-18(26)15-11-19-24(17(15)21-22-23)14-9-5-2-6-10-14/h2,5-6,9-11,13H,1,3-4,7-8,12H2,(H,20,25). The van der Waals surface area contributed by atoms with E-state index < -0.39 is 0 Å². The van der Waals surface area contributed by atoms with Gasteiger partial charge in [-0.2, -0.15) is 5.10 Å². The van der Waals surface area contributed by atoms with E-state index in [2.05, 4.69) is 20.7 Å². The van der Waals surface area contributed by atoms with Crippen molar-refractivity contribution in [2.75, 3.05) is 0 Å². The zero-order chi connectivity index (χ0) is 17.9. The van der Waals surface area contributed by atoms with E-state index in [1.54, 1.807) is 4.68 Å². The molecule has 1 N–H and O–H groups in total. The Morgan fingerprint density at radius 3 is 2.69 bits per heavy atom. The van der Waals surface area contributed by atoms with E-state index in [9.17, 15) is 9.59 Å². The van der Waals surface area contributed by atoms with Crippen molar-refractivity contribution in [1.82, 2.24) is 30.1 Å². The fourth-order valence-electron chi connectivity index (χ4n) is 3.38. The SMILES string of the molecule is O=C(Cn1nnc2c(cnn2-c2ccccc2)c1=O)NC1CCCCC1. The van der Waals surface area contributed by atoms with Crippen LogP contribution in [0.5, 0.6) is 0 Å². The zero-order valence-electron chi connectivity index (χ0n) is 14.3. The number of benzene rings is 1. The van der Waals surface area contributed by atoms with Crippen molar-refractivity contribution in [3.05, 3.63) is 46.9 Å². The summed E-state index contributed by atoms with van der Waals surface area (Å²) < 4.78 is 2.66. The zero-order valence-corrected chi connectivity index (χ0v) is 14.3. The highest BCUT2D eigenvalue weighted by atomic mass is 16.2. The molecule has 2 heterocycles. The lowest BCUT2D eigenvalue weighted by Gasteiger charge is -2.22. The molecule has 1 aromatic carbocycles. The van der Waals surface area contributed by atoms with Gasteiger partial charge in [-0.25, -0.2) is 9.36 Å². The van der Waals surface area contributed by atoms with E-state index in [1.165, 1.54) is 12.6 Å². The Labute approximate surface area is 149 Å². The average Bonchev–Trinajstić information content (AvgIpc) is 3.10. The highest BCUT2D eigenvalue weighted by Gasteiger charge is 2.18. The normalized spacial score (nSPS) is 15.2. The van der Waals surface area contributed by atoms with Crippen molar-refractivity contribution in [2.24, 2.45) is 0 Å². The van der Waals surface area contributed by atoms with Crippen molar-refractivity contribution in [3.8, 4) is 5.69 Å². The molecular formula is C18H20N6O2. The van der Waals surface area contributed by atoms with Crippen molar-refractivity contribution in [1.29, 1.82) is 0 Å². The summed E-state index contributed by atoms with van der Waals surface area (Å²) in [5.41, 5.74) is 0.810. The Balaban J connectivity index is 1.56. The molecule has 0 atom stereocenters. The van der Waals surface area contributed by atoms with Gasteiger partial charge in [0.25, 0.3) is 5.56 Å². The number of nitrogens with zero attached hydrogens (tertiary/aromatic N) is 5. The van der Waals surface area contributed by atoms with E-state index in [0.717, 1.165) is 36.1 Å². The van der Waals surface area contributed by atoms with Crippen LogP contribution in [0.3, 0.4) is 0 Å². The molecule has 3 aromatic rings. The van der Waals surface area contributed by atoms with Crippen molar-refractivity contribution >= 4 is 16.9 Å². The van der Waals surface area contributed by atoms with Crippen LogP contribution in [0.15, 0.2) is 41.3 Å². The van der Waals surface area contributed by atoms with Gasteiger partial charge in [0, 0.05) is 6.04 Å². The minimum Gasteiger partial charge on any atom is -0.352 e. The maximum atomic E-state index is 12.6. The number of aromatic nitrogens is 5. The Hall–Kier alpha value is -3.03. The highest BCUT2D eigenvalue weighted by molar-refractivity contribution is 5.77. The molecule has 0 bridgehead atoms. The van der Waals surface area contributed by atoms with Crippen LogP contribution in [0.1, 0.15) is 32.1 Å². The van der Waals surface area contributed by atoms with Crippen molar-refractivity contribution in [3.63, 3.8) is 0 Å². The lowest BCUT2D eigenvalue weighted by molar-refractivity contribution is -0.122. The van der Waals surface area contributed by atoms with E-state index in [4.69, 9.17) is 0 Å². The van der Waals surface area contributed by atoms with E-state index in [0.29, 0.717) is 11.0 Å². The van der Waals surface area contributed by atoms with Gasteiger partial charge in [0.15, 0.2) is 5.65 Å². The van der Waals surface area contributed by atoms with Gasteiger partial charge in [-0.05, 0) is 25.0 Å². The number of fused-ring (bicyclic) bond motifs is 1. The number of carbonyl (C=O) groups excluding carboxylic acids is 1. The molecule has 0 radical (unpaired) electrons. The molecule has 134 valence electrons. The molecule has 26 heavy (non-hydrogen) atoms. The minimum absolute atomic E-state index is 0.130. The fourth-order valence-corrected chi connectivity index (χ4v) is 3.38. The number of hydrogen-bond donors (Lipinski definition) is 1. The molecule has 1 saturated carbocycles. The van der Waals surface area contributed by atoms with Gasteiger partial charge in [0.05, 0.1) is 11.9 Å². The Morgan fingerprint density at radius 2 is 1.92 bits per heavy atom. The summed E-state index contributed by atoms with van der Waals surface area (Å²) in [6.07, 6.45) is 6.95. The average molecular weight is 352 g/mol. The van der Waals surface area contributed by atoms with Gasteiger partial charge in [-0.3, -0.25) is 9.59 Å². The smallest absolute Gasteiger partial charge is 0.281 e. The second-order valence-electron chi connectivity index (χ2n) is 6.58. The number of carbonyl (C=O) groups is 1. The van der Waals surface area contributed by atoms with Crippen LogP contribution in [-0.2, 0) is 11.3 Å². The van der Waals surface area contributed by atoms with Crippen LogP contribution in [0.25, 0.3) is 16.7 Å². The molecule has 1 aliphatic rings. The first-order valence-corrected chi connectivity index (χ1v) is 8.89. The second kappa shape index (κ2) is 7.07. The van der Waals surface area contributed by atoms with Crippen LogP contribution in [0, 0.1) is 0 Å². The van der Waals surface area contributed by atoms with Gasteiger partial charge in [-0.1, -0.05) is 42.7 Å². The molecule has 4 rings (SSSR count). The molecule has 0 saturated heterocycles. The third-order valence-corrected chi connectivity index (χ3v) is 4.72. The summed E-state index contributed by atoms with van der Waals surface area (Å²) >= 11 is 0. The predicted molar refractivity (Wildman–Crippen MR) is 95.9 cm³/mol. The van der Waals surface area contributed by atoms with Crippen LogP contribution in [0.2, 0.25) is 0 Å². The summed E-state index contributed by atoms with van der Waals surface area (Å²) in [5, 5.41) is 15.6. The Bertz CT molecular complexity index is 972. The van der Waals surface area contributed by atoms with E-state index >= 15 is 0 Å². The third-order valence-electron chi connectivity index (χ3n) is 4.72. The second-order valence-corrected chi connectivity index (χ2v) is 6.58. The van der Waals surface area contributed by atoms with Crippen molar-refractivity contribution in [2.45, 2.75) is 44.7 Å². The number of hydrogen-bond acceptors (Lipinski definition) is 5. The Morgan fingerprint density at radius 1 is 1.15 bits per heavy atom. The molecule has 1 fully saturated rings. The fraction of sp³-hybridized carbons (Fsp3) is 0.389. The predicted octanol–water partition coefficient (Wildman–Crippen LogP) is 1.43. The van der Waals surface area contributed by atoms with Gasteiger partial charge >= 0.3 is 0 Å². The summed E-state index contributed by atoms with van der Waals surface area (Å²) in [5.74, 6) is -0.205. The lowest BCUT2D eigenvalue weighted by atomic mass is 9.95. The summed E-state index contributed by atoms with van der Waals surface area (Å²) in [7, 11) is 0. The minimum atomic E-state index is -0.365. The third kappa shape index (κ3) is 3.22. The highest BCUT2D eigenvalue weighted by Crippen LogP contribution is 2.17. The summed E-state index contributed by atoms with van der Waals surface area (Å²) in [4.78, 5) is 24.9. The molecule has 0 spiro atoms. The maximum absolute atomic E-state index is 12.6. The van der Waals surface area contributed by atoms with Crippen LogP contribution in [-0.4, -0.2) is 36.7 Å². The summed E-state index contributed by atoms with van der Waals surface area (Å²) in [6.45, 7) is -0.130. The lowest BCUT2D eigenvalue weighted by Crippen LogP contribution is -2.40. The van der Waals surface area contributed by atoms with Gasteiger partial charge in [0.1, 0.15) is 11.9 Å². The van der Waals surface area contributed by atoms with Crippen LogP contribution in [0.4, 0.5) is 0 Å². The van der Waals surface area contributed by atoms with Crippen molar-refractivity contribution < 1.29 is 4.79 Å². The molecule has 0 unspecified atom stereocenters.